The van der Waals surface area contributed by atoms with Crippen molar-refractivity contribution in [2.75, 3.05) is 0 Å². The average Bonchev–Trinajstić information content (AvgIpc) is 3.17. The predicted octanol–water partition coefficient (Wildman–Crippen LogP) is 5.11. The Morgan fingerprint density at radius 3 is 2.34 bits per heavy atom. The molecule has 0 bridgehead atoms. The van der Waals surface area contributed by atoms with Crippen LogP contribution >= 0.6 is 0 Å². The Morgan fingerprint density at radius 2 is 1.69 bits per heavy atom. The van der Waals surface area contributed by atoms with Gasteiger partial charge in [-0.2, -0.15) is 0 Å². The maximum atomic E-state index is 7.65. The number of hydrogen-bond acceptors (Lipinski definition) is 2. The first-order valence-electron chi connectivity index (χ1n) is 9.77. The summed E-state index contributed by atoms with van der Waals surface area (Å²) in [5.41, 5.74) is 13.5. The molecule has 0 unspecified atom stereocenters. The monoisotopic (exact) mass is 380 g/mol. The van der Waals surface area contributed by atoms with E-state index in [9.17, 15) is 0 Å². The van der Waals surface area contributed by atoms with Gasteiger partial charge in [0.25, 0.3) is 0 Å². The molecule has 0 fully saturated rings. The van der Waals surface area contributed by atoms with E-state index in [1.165, 1.54) is 16.8 Å². The van der Waals surface area contributed by atoms with Crippen molar-refractivity contribution in [3.05, 3.63) is 102 Å². The summed E-state index contributed by atoms with van der Waals surface area (Å²) in [7, 11) is 0. The van der Waals surface area contributed by atoms with Crippen molar-refractivity contribution < 1.29 is 0 Å². The molecule has 3 N–H and O–H groups in total. The van der Waals surface area contributed by atoms with Crippen LogP contribution in [0.5, 0.6) is 0 Å². The van der Waals surface area contributed by atoms with Gasteiger partial charge in [0, 0.05) is 36.4 Å². The summed E-state index contributed by atoms with van der Waals surface area (Å²) in [6, 6.07) is 22.8. The third-order valence-electron chi connectivity index (χ3n) is 5.15. The molecule has 144 valence electrons. The molecule has 0 aliphatic carbocycles. The van der Waals surface area contributed by atoms with Crippen molar-refractivity contribution in [3.63, 3.8) is 0 Å². The van der Waals surface area contributed by atoms with E-state index in [4.69, 9.17) is 11.1 Å². The molecular weight excluding hydrogens is 356 g/mol. The standard InChI is InChI=1S/C25H24N4/c1-2-24-14-23(17-29(24)16-18-5-3-6-21(13-18)25(26)27)20-10-8-19(9-11-20)22-7-4-12-28-15-22/h3-15,17H,2,16H2,1H3,(H3,26,27). The molecule has 2 heterocycles. The fourth-order valence-electron chi connectivity index (χ4n) is 3.58. The van der Waals surface area contributed by atoms with Crippen LogP contribution in [0.15, 0.2) is 85.3 Å². The maximum absolute atomic E-state index is 7.65. The van der Waals surface area contributed by atoms with Crippen LogP contribution in [0.4, 0.5) is 0 Å². The highest BCUT2D eigenvalue weighted by Gasteiger charge is 2.08. The summed E-state index contributed by atoms with van der Waals surface area (Å²) in [5, 5.41) is 7.65. The van der Waals surface area contributed by atoms with Gasteiger partial charge in [0.2, 0.25) is 0 Å². The first-order chi connectivity index (χ1) is 14.1. The van der Waals surface area contributed by atoms with E-state index in [1.54, 1.807) is 6.20 Å². The lowest BCUT2D eigenvalue weighted by Crippen LogP contribution is -2.11. The molecule has 4 nitrogen and oxygen atoms in total. The van der Waals surface area contributed by atoms with Gasteiger partial charge in [0.15, 0.2) is 0 Å². The Balaban J connectivity index is 1.61. The number of aryl methyl sites for hydroxylation is 1. The maximum Gasteiger partial charge on any atom is 0.122 e. The van der Waals surface area contributed by atoms with E-state index in [2.05, 4.69) is 65.1 Å². The highest BCUT2D eigenvalue weighted by molar-refractivity contribution is 5.95. The summed E-state index contributed by atoms with van der Waals surface area (Å²) in [4.78, 5) is 4.20. The molecule has 4 heteroatoms. The number of nitrogens with zero attached hydrogens (tertiary/aromatic N) is 2. The Kier molecular flexibility index (Phi) is 5.25. The fourth-order valence-corrected chi connectivity index (χ4v) is 3.58. The quantitative estimate of drug-likeness (QED) is 0.360. The van der Waals surface area contributed by atoms with E-state index >= 15 is 0 Å². The molecule has 4 aromatic rings. The van der Waals surface area contributed by atoms with Crippen molar-refractivity contribution in [2.24, 2.45) is 5.73 Å². The topological polar surface area (TPSA) is 67.7 Å². The molecule has 0 saturated carbocycles. The van der Waals surface area contributed by atoms with Gasteiger partial charge in [-0.25, -0.2) is 0 Å². The van der Waals surface area contributed by atoms with Crippen LogP contribution in [0, 0.1) is 5.41 Å². The number of nitrogen functional groups attached to an aromatic ring is 1. The lowest BCUT2D eigenvalue weighted by Gasteiger charge is -2.09. The number of nitrogens with two attached hydrogens (primary N) is 1. The van der Waals surface area contributed by atoms with Crippen molar-refractivity contribution >= 4 is 5.84 Å². The van der Waals surface area contributed by atoms with E-state index in [-0.39, 0.29) is 5.84 Å². The normalized spacial score (nSPS) is 10.8. The van der Waals surface area contributed by atoms with Crippen LogP contribution in [0.1, 0.15) is 23.7 Å². The second kappa shape index (κ2) is 8.15. The van der Waals surface area contributed by atoms with Crippen molar-refractivity contribution in [1.82, 2.24) is 9.55 Å². The van der Waals surface area contributed by atoms with E-state index in [0.29, 0.717) is 0 Å². The van der Waals surface area contributed by atoms with Gasteiger partial charge < -0.3 is 10.3 Å². The Bertz CT molecular complexity index is 1130. The Labute approximate surface area is 171 Å². The van der Waals surface area contributed by atoms with E-state index in [1.807, 2.05) is 30.5 Å². The van der Waals surface area contributed by atoms with Crippen LogP contribution in [-0.2, 0) is 13.0 Å². The lowest BCUT2D eigenvalue weighted by molar-refractivity contribution is 0.751. The SMILES string of the molecule is CCc1cc(-c2ccc(-c3cccnc3)cc2)cn1Cc1cccc(C(=N)N)c1. The highest BCUT2D eigenvalue weighted by atomic mass is 15.0. The Morgan fingerprint density at radius 1 is 0.931 bits per heavy atom. The van der Waals surface area contributed by atoms with Crippen molar-refractivity contribution in [2.45, 2.75) is 19.9 Å². The van der Waals surface area contributed by atoms with Crippen LogP contribution in [-0.4, -0.2) is 15.4 Å². The highest BCUT2D eigenvalue weighted by Crippen LogP contribution is 2.27. The van der Waals surface area contributed by atoms with Crippen LogP contribution in [0.3, 0.4) is 0 Å². The predicted molar refractivity (Wildman–Crippen MR) is 119 cm³/mol. The molecular formula is C25H24N4. The summed E-state index contributed by atoms with van der Waals surface area (Å²) in [6.07, 6.45) is 6.84. The first-order valence-corrected chi connectivity index (χ1v) is 9.77. The summed E-state index contributed by atoms with van der Waals surface area (Å²) >= 11 is 0. The fraction of sp³-hybridized carbons (Fsp3) is 0.120. The number of amidine groups is 1. The smallest absolute Gasteiger partial charge is 0.122 e. The number of nitrogens with one attached hydrogen (secondary N) is 1. The van der Waals surface area contributed by atoms with Gasteiger partial charge in [-0.05, 0) is 52.4 Å². The minimum Gasteiger partial charge on any atom is -0.384 e. The number of benzene rings is 2. The first kappa shape index (κ1) is 18.7. The van der Waals surface area contributed by atoms with Crippen molar-refractivity contribution in [3.8, 4) is 22.3 Å². The zero-order chi connectivity index (χ0) is 20.2. The largest absolute Gasteiger partial charge is 0.384 e. The molecule has 0 radical (unpaired) electrons. The number of hydrogen-bond donors (Lipinski definition) is 2. The third-order valence-corrected chi connectivity index (χ3v) is 5.15. The van der Waals surface area contributed by atoms with Gasteiger partial charge >= 0.3 is 0 Å². The minimum atomic E-state index is 0.101. The molecule has 0 saturated heterocycles. The van der Waals surface area contributed by atoms with Crippen LogP contribution in [0.25, 0.3) is 22.3 Å². The zero-order valence-corrected chi connectivity index (χ0v) is 16.5. The number of aromatic nitrogens is 2. The molecule has 29 heavy (non-hydrogen) atoms. The molecule has 0 amide bonds. The average molecular weight is 380 g/mol. The van der Waals surface area contributed by atoms with Gasteiger partial charge in [-0.3, -0.25) is 10.4 Å². The molecule has 2 aromatic carbocycles. The number of rotatable bonds is 6. The Hall–Kier alpha value is -3.66. The molecule has 2 aromatic heterocycles. The minimum absolute atomic E-state index is 0.101. The summed E-state index contributed by atoms with van der Waals surface area (Å²) < 4.78 is 2.28. The van der Waals surface area contributed by atoms with Crippen molar-refractivity contribution in [1.29, 1.82) is 5.41 Å². The zero-order valence-electron chi connectivity index (χ0n) is 16.5. The van der Waals surface area contributed by atoms with E-state index in [0.717, 1.165) is 35.2 Å². The van der Waals surface area contributed by atoms with Gasteiger partial charge in [-0.15, -0.1) is 0 Å². The second-order valence-corrected chi connectivity index (χ2v) is 7.13. The van der Waals surface area contributed by atoms with Gasteiger partial charge in [0.1, 0.15) is 5.84 Å². The molecule has 0 aliphatic rings. The third kappa shape index (κ3) is 4.11. The summed E-state index contributed by atoms with van der Waals surface area (Å²) in [6.45, 7) is 2.94. The number of pyridine rings is 1. The van der Waals surface area contributed by atoms with Gasteiger partial charge in [0.05, 0.1) is 0 Å². The van der Waals surface area contributed by atoms with E-state index < -0.39 is 0 Å². The lowest BCUT2D eigenvalue weighted by atomic mass is 10.0. The second-order valence-electron chi connectivity index (χ2n) is 7.13. The molecule has 0 aliphatic heterocycles. The molecule has 4 rings (SSSR count). The molecule has 0 atom stereocenters. The summed E-state index contributed by atoms with van der Waals surface area (Å²) in [5.74, 6) is 0.101. The van der Waals surface area contributed by atoms with Crippen LogP contribution in [0.2, 0.25) is 0 Å². The van der Waals surface area contributed by atoms with Gasteiger partial charge in [-0.1, -0.05) is 55.5 Å². The van der Waals surface area contributed by atoms with Crippen LogP contribution < -0.4 is 5.73 Å². The molecule has 0 spiro atoms.